The third kappa shape index (κ3) is 6.46. The number of hydrogen-bond acceptors (Lipinski definition) is 3. The van der Waals surface area contributed by atoms with Crippen LogP contribution in [0.25, 0.3) is 6.08 Å². The van der Waals surface area contributed by atoms with Crippen LogP contribution in [0.2, 0.25) is 0 Å². The number of hydrogen-bond donors (Lipinski definition) is 1. The zero-order valence-corrected chi connectivity index (χ0v) is 15.1. The number of amides is 1. The van der Waals surface area contributed by atoms with Crippen LogP contribution in [0, 0.1) is 12.8 Å². The number of morpholine rings is 1. The minimum atomic E-state index is -0.0300. The molecule has 1 unspecified atom stereocenters. The smallest absolute Gasteiger partial charge is 0.244 e. The van der Waals surface area contributed by atoms with E-state index in [2.05, 4.69) is 43.1 Å². The second kappa shape index (κ2) is 9.60. The Labute approximate surface area is 145 Å². The zero-order chi connectivity index (χ0) is 17.4. The maximum atomic E-state index is 12.1. The average Bonchev–Trinajstić information content (AvgIpc) is 2.58. The average molecular weight is 330 g/mol. The highest BCUT2D eigenvalue weighted by molar-refractivity contribution is 5.91. The van der Waals surface area contributed by atoms with Crippen molar-refractivity contribution in [3.8, 4) is 0 Å². The van der Waals surface area contributed by atoms with Crippen molar-refractivity contribution in [2.24, 2.45) is 5.92 Å². The summed E-state index contributed by atoms with van der Waals surface area (Å²) in [5.74, 6) is 0.579. The van der Waals surface area contributed by atoms with Gasteiger partial charge >= 0.3 is 0 Å². The Bertz CT molecular complexity index is 531. The quantitative estimate of drug-likeness (QED) is 0.782. The SMILES string of the molecule is Cc1ccc(/C=C/C(=O)NCC(CC(C)C)N2CCOCC2)cc1. The molecule has 1 heterocycles. The molecule has 0 radical (unpaired) electrons. The lowest BCUT2D eigenvalue weighted by Crippen LogP contribution is -2.49. The largest absolute Gasteiger partial charge is 0.379 e. The van der Waals surface area contributed by atoms with E-state index in [4.69, 9.17) is 4.74 Å². The van der Waals surface area contributed by atoms with Gasteiger partial charge in [-0.1, -0.05) is 43.7 Å². The van der Waals surface area contributed by atoms with E-state index in [0.29, 0.717) is 18.5 Å². The van der Waals surface area contributed by atoms with Crippen molar-refractivity contribution in [1.82, 2.24) is 10.2 Å². The summed E-state index contributed by atoms with van der Waals surface area (Å²) in [6.07, 6.45) is 4.57. The van der Waals surface area contributed by atoms with Gasteiger partial charge in [0.1, 0.15) is 0 Å². The highest BCUT2D eigenvalue weighted by Gasteiger charge is 2.22. The molecule has 1 saturated heterocycles. The van der Waals surface area contributed by atoms with Gasteiger partial charge in [-0.05, 0) is 30.9 Å². The third-order valence-electron chi connectivity index (χ3n) is 4.32. The van der Waals surface area contributed by atoms with Gasteiger partial charge in [0, 0.05) is 31.8 Å². The van der Waals surface area contributed by atoms with Crippen LogP contribution in [0.3, 0.4) is 0 Å². The molecule has 1 amide bonds. The van der Waals surface area contributed by atoms with Gasteiger partial charge in [-0.25, -0.2) is 0 Å². The maximum absolute atomic E-state index is 12.1. The highest BCUT2D eigenvalue weighted by atomic mass is 16.5. The first-order chi connectivity index (χ1) is 11.5. The van der Waals surface area contributed by atoms with E-state index in [1.54, 1.807) is 6.08 Å². The molecule has 4 nitrogen and oxygen atoms in total. The van der Waals surface area contributed by atoms with E-state index >= 15 is 0 Å². The lowest BCUT2D eigenvalue weighted by Gasteiger charge is -2.35. The molecular weight excluding hydrogens is 300 g/mol. The Morgan fingerprint density at radius 3 is 2.54 bits per heavy atom. The molecule has 1 aliphatic rings. The predicted octanol–water partition coefficient (Wildman–Crippen LogP) is 2.87. The Morgan fingerprint density at radius 2 is 1.92 bits per heavy atom. The van der Waals surface area contributed by atoms with Crippen LogP contribution in [0.5, 0.6) is 0 Å². The number of nitrogens with zero attached hydrogens (tertiary/aromatic N) is 1. The number of ether oxygens (including phenoxy) is 1. The predicted molar refractivity (Wildman–Crippen MR) is 98.9 cm³/mol. The van der Waals surface area contributed by atoms with E-state index in [9.17, 15) is 4.79 Å². The van der Waals surface area contributed by atoms with Gasteiger partial charge in [0.25, 0.3) is 0 Å². The van der Waals surface area contributed by atoms with E-state index in [1.807, 2.05) is 18.2 Å². The van der Waals surface area contributed by atoms with Gasteiger partial charge in [0.2, 0.25) is 5.91 Å². The second-order valence-electron chi connectivity index (χ2n) is 6.92. The molecule has 4 heteroatoms. The fourth-order valence-electron chi connectivity index (χ4n) is 2.98. The van der Waals surface area contributed by atoms with Crippen molar-refractivity contribution in [1.29, 1.82) is 0 Å². The molecule has 1 aromatic carbocycles. The van der Waals surface area contributed by atoms with Crippen molar-refractivity contribution in [2.75, 3.05) is 32.8 Å². The summed E-state index contributed by atoms with van der Waals surface area (Å²) in [6, 6.07) is 8.53. The molecule has 0 aromatic heterocycles. The molecule has 1 aromatic rings. The van der Waals surface area contributed by atoms with Crippen LogP contribution in [-0.4, -0.2) is 49.7 Å². The van der Waals surface area contributed by atoms with Gasteiger partial charge in [0.15, 0.2) is 0 Å². The lowest BCUT2D eigenvalue weighted by molar-refractivity contribution is -0.116. The van der Waals surface area contributed by atoms with Crippen LogP contribution < -0.4 is 5.32 Å². The summed E-state index contributed by atoms with van der Waals surface area (Å²) in [7, 11) is 0. The zero-order valence-electron chi connectivity index (χ0n) is 15.1. The van der Waals surface area contributed by atoms with Crippen molar-refractivity contribution in [2.45, 2.75) is 33.2 Å². The van der Waals surface area contributed by atoms with E-state index in [-0.39, 0.29) is 5.91 Å². The molecule has 24 heavy (non-hydrogen) atoms. The summed E-state index contributed by atoms with van der Waals surface area (Å²) in [5, 5.41) is 3.06. The highest BCUT2D eigenvalue weighted by Crippen LogP contribution is 2.13. The third-order valence-corrected chi connectivity index (χ3v) is 4.32. The molecule has 1 N–H and O–H groups in total. The maximum Gasteiger partial charge on any atom is 0.244 e. The van der Waals surface area contributed by atoms with Gasteiger partial charge in [0.05, 0.1) is 13.2 Å². The fraction of sp³-hybridized carbons (Fsp3) is 0.550. The molecule has 2 rings (SSSR count). The van der Waals surface area contributed by atoms with Crippen LogP contribution in [0.4, 0.5) is 0 Å². The van der Waals surface area contributed by atoms with E-state index < -0.39 is 0 Å². The molecular formula is C20H30N2O2. The van der Waals surface area contributed by atoms with Crippen molar-refractivity contribution in [3.63, 3.8) is 0 Å². The molecule has 1 atom stereocenters. The molecule has 0 spiro atoms. The van der Waals surface area contributed by atoms with Gasteiger partial charge in [-0.3, -0.25) is 9.69 Å². The van der Waals surface area contributed by atoms with E-state index in [1.165, 1.54) is 5.56 Å². The van der Waals surface area contributed by atoms with Crippen LogP contribution in [-0.2, 0) is 9.53 Å². The number of benzene rings is 1. The van der Waals surface area contributed by atoms with Crippen molar-refractivity contribution in [3.05, 3.63) is 41.5 Å². The normalized spacial score (nSPS) is 17.3. The number of rotatable bonds is 7. The van der Waals surface area contributed by atoms with Crippen molar-refractivity contribution < 1.29 is 9.53 Å². The molecule has 1 aliphatic heterocycles. The number of aryl methyl sites for hydroxylation is 1. The minimum absolute atomic E-state index is 0.0300. The summed E-state index contributed by atoms with van der Waals surface area (Å²) in [4.78, 5) is 14.6. The Balaban J connectivity index is 1.85. The summed E-state index contributed by atoms with van der Waals surface area (Å²) >= 11 is 0. The molecule has 0 bridgehead atoms. The van der Waals surface area contributed by atoms with Gasteiger partial charge < -0.3 is 10.1 Å². The topological polar surface area (TPSA) is 41.6 Å². The minimum Gasteiger partial charge on any atom is -0.379 e. The molecule has 0 aliphatic carbocycles. The second-order valence-corrected chi connectivity index (χ2v) is 6.92. The standard InChI is InChI=1S/C20H30N2O2/c1-16(2)14-19(22-10-12-24-13-11-22)15-21-20(23)9-8-18-6-4-17(3)5-7-18/h4-9,16,19H,10-15H2,1-3H3,(H,21,23)/b9-8+. The number of carbonyl (C=O) groups excluding carboxylic acids is 1. The summed E-state index contributed by atoms with van der Waals surface area (Å²) < 4.78 is 5.44. The summed E-state index contributed by atoms with van der Waals surface area (Å²) in [5.41, 5.74) is 2.27. The molecule has 1 fully saturated rings. The van der Waals surface area contributed by atoms with Crippen molar-refractivity contribution >= 4 is 12.0 Å². The number of carbonyl (C=O) groups is 1. The Morgan fingerprint density at radius 1 is 1.25 bits per heavy atom. The van der Waals surface area contributed by atoms with Gasteiger partial charge in [-0.15, -0.1) is 0 Å². The van der Waals surface area contributed by atoms with Crippen LogP contribution >= 0.6 is 0 Å². The lowest BCUT2D eigenvalue weighted by atomic mass is 10.0. The Hall–Kier alpha value is -1.65. The van der Waals surface area contributed by atoms with Gasteiger partial charge in [-0.2, -0.15) is 0 Å². The Kier molecular flexibility index (Phi) is 7.47. The number of nitrogens with one attached hydrogen (secondary N) is 1. The molecule has 132 valence electrons. The van der Waals surface area contributed by atoms with Crippen LogP contribution in [0.15, 0.2) is 30.3 Å². The fourth-order valence-corrected chi connectivity index (χ4v) is 2.98. The van der Waals surface area contributed by atoms with Crippen LogP contribution in [0.1, 0.15) is 31.4 Å². The monoisotopic (exact) mass is 330 g/mol. The first kappa shape index (κ1) is 18.7. The summed E-state index contributed by atoms with van der Waals surface area (Å²) in [6.45, 7) is 10.7. The van der Waals surface area contributed by atoms with E-state index in [0.717, 1.165) is 38.3 Å². The first-order valence-corrected chi connectivity index (χ1v) is 8.89. The first-order valence-electron chi connectivity index (χ1n) is 8.89. The molecule has 0 saturated carbocycles.